The number of amides is 2. The van der Waals surface area contributed by atoms with Crippen LogP contribution >= 0.6 is 0 Å². The molecule has 2 amide bonds. The molecular formula is C23H30N2O3. The molecule has 0 fully saturated rings. The summed E-state index contributed by atoms with van der Waals surface area (Å²) in [6.45, 7) is 7.09. The number of nitrogens with zero attached hydrogens (tertiary/aromatic N) is 1. The van der Waals surface area contributed by atoms with Crippen molar-refractivity contribution in [2.75, 3.05) is 13.2 Å². The SMILES string of the molecule is CCNC(=O)[C@@H](C)N(Cc1ccc(C)cc1)C(=O)CCCOc1ccccc1. The van der Waals surface area contributed by atoms with Crippen molar-refractivity contribution in [3.05, 3.63) is 65.7 Å². The van der Waals surface area contributed by atoms with Gasteiger partial charge in [-0.3, -0.25) is 9.59 Å². The number of ether oxygens (including phenoxy) is 1. The van der Waals surface area contributed by atoms with Crippen LogP contribution in [0.1, 0.15) is 37.8 Å². The number of hydrogen-bond donors (Lipinski definition) is 1. The second kappa shape index (κ2) is 11.1. The fourth-order valence-corrected chi connectivity index (χ4v) is 2.87. The van der Waals surface area contributed by atoms with Crippen LogP contribution < -0.4 is 10.1 Å². The van der Waals surface area contributed by atoms with Crippen LogP contribution in [0.5, 0.6) is 5.75 Å². The monoisotopic (exact) mass is 382 g/mol. The summed E-state index contributed by atoms with van der Waals surface area (Å²) in [6, 6.07) is 17.1. The van der Waals surface area contributed by atoms with Gasteiger partial charge in [-0.2, -0.15) is 0 Å². The Morgan fingerprint density at radius 3 is 2.39 bits per heavy atom. The van der Waals surface area contributed by atoms with E-state index in [1.165, 1.54) is 0 Å². The summed E-state index contributed by atoms with van der Waals surface area (Å²) < 4.78 is 5.66. The Hall–Kier alpha value is -2.82. The van der Waals surface area contributed by atoms with Crippen LogP contribution in [0.4, 0.5) is 0 Å². The fraction of sp³-hybridized carbons (Fsp3) is 0.391. The molecule has 1 atom stereocenters. The number of hydrogen-bond acceptors (Lipinski definition) is 3. The third-order valence-corrected chi connectivity index (χ3v) is 4.54. The van der Waals surface area contributed by atoms with Crippen molar-refractivity contribution in [2.24, 2.45) is 0 Å². The van der Waals surface area contributed by atoms with E-state index in [9.17, 15) is 9.59 Å². The maximum Gasteiger partial charge on any atom is 0.242 e. The van der Waals surface area contributed by atoms with Gasteiger partial charge >= 0.3 is 0 Å². The minimum Gasteiger partial charge on any atom is -0.494 e. The predicted molar refractivity (Wildman–Crippen MR) is 111 cm³/mol. The standard InChI is InChI=1S/C23H30N2O3/c1-4-24-23(27)19(3)25(17-20-14-12-18(2)13-15-20)22(26)11-8-16-28-21-9-6-5-7-10-21/h5-7,9-10,12-15,19H,4,8,11,16-17H2,1-3H3,(H,24,27)/t19-/m1/s1. The summed E-state index contributed by atoms with van der Waals surface area (Å²) >= 11 is 0. The molecule has 0 heterocycles. The minimum atomic E-state index is -0.524. The Balaban J connectivity index is 1.96. The molecule has 28 heavy (non-hydrogen) atoms. The fourth-order valence-electron chi connectivity index (χ4n) is 2.87. The van der Waals surface area contributed by atoms with E-state index in [1.807, 2.05) is 68.4 Å². The number of carbonyl (C=O) groups is 2. The zero-order valence-corrected chi connectivity index (χ0v) is 17.0. The largest absolute Gasteiger partial charge is 0.494 e. The van der Waals surface area contributed by atoms with Gasteiger partial charge < -0.3 is 15.0 Å². The number of benzene rings is 2. The third kappa shape index (κ3) is 6.72. The van der Waals surface area contributed by atoms with Crippen molar-refractivity contribution in [3.63, 3.8) is 0 Å². The van der Waals surface area contributed by atoms with Gasteiger partial charge in [-0.25, -0.2) is 0 Å². The maximum absolute atomic E-state index is 12.9. The first-order valence-electron chi connectivity index (χ1n) is 9.81. The highest BCUT2D eigenvalue weighted by Gasteiger charge is 2.25. The van der Waals surface area contributed by atoms with Crippen molar-refractivity contribution in [3.8, 4) is 5.75 Å². The van der Waals surface area contributed by atoms with E-state index in [-0.39, 0.29) is 11.8 Å². The van der Waals surface area contributed by atoms with Crippen LogP contribution in [-0.4, -0.2) is 35.9 Å². The van der Waals surface area contributed by atoms with Gasteiger partial charge in [0, 0.05) is 19.5 Å². The molecule has 2 aromatic carbocycles. The molecule has 0 saturated carbocycles. The number of rotatable bonds is 10. The summed E-state index contributed by atoms with van der Waals surface area (Å²) in [5.74, 6) is 0.613. The van der Waals surface area contributed by atoms with Crippen LogP contribution in [0.25, 0.3) is 0 Å². The van der Waals surface area contributed by atoms with Crippen molar-refractivity contribution in [1.29, 1.82) is 0 Å². The average molecular weight is 383 g/mol. The average Bonchev–Trinajstić information content (AvgIpc) is 2.71. The van der Waals surface area contributed by atoms with E-state index < -0.39 is 6.04 Å². The summed E-state index contributed by atoms with van der Waals surface area (Å²) in [5.41, 5.74) is 2.17. The van der Waals surface area contributed by atoms with Gasteiger partial charge in [0.15, 0.2) is 0 Å². The van der Waals surface area contributed by atoms with Crippen molar-refractivity contribution in [1.82, 2.24) is 10.2 Å². The molecule has 0 aromatic heterocycles. The Morgan fingerprint density at radius 2 is 1.75 bits per heavy atom. The van der Waals surface area contributed by atoms with E-state index in [0.29, 0.717) is 32.5 Å². The third-order valence-electron chi connectivity index (χ3n) is 4.54. The second-order valence-electron chi connectivity index (χ2n) is 6.84. The predicted octanol–water partition coefficient (Wildman–Crippen LogP) is 3.71. The zero-order chi connectivity index (χ0) is 20.4. The summed E-state index contributed by atoms with van der Waals surface area (Å²) in [7, 11) is 0. The van der Waals surface area contributed by atoms with Crippen LogP contribution in [0.3, 0.4) is 0 Å². The molecule has 0 bridgehead atoms. The molecule has 5 heteroatoms. The Labute approximate surface area is 167 Å². The molecule has 1 N–H and O–H groups in total. The van der Waals surface area contributed by atoms with E-state index in [0.717, 1.165) is 16.9 Å². The summed E-state index contributed by atoms with van der Waals surface area (Å²) in [4.78, 5) is 26.8. The van der Waals surface area contributed by atoms with Crippen LogP contribution in [0.15, 0.2) is 54.6 Å². The van der Waals surface area contributed by atoms with Gasteiger partial charge in [-0.15, -0.1) is 0 Å². The molecule has 0 saturated heterocycles. The van der Waals surface area contributed by atoms with Gasteiger partial charge in [0.25, 0.3) is 0 Å². The van der Waals surface area contributed by atoms with Gasteiger partial charge in [0.2, 0.25) is 11.8 Å². The van der Waals surface area contributed by atoms with Crippen molar-refractivity contribution >= 4 is 11.8 Å². The van der Waals surface area contributed by atoms with Gasteiger partial charge in [-0.1, -0.05) is 48.0 Å². The molecule has 0 aliphatic rings. The van der Waals surface area contributed by atoms with Crippen LogP contribution in [0, 0.1) is 6.92 Å². The number of para-hydroxylation sites is 1. The highest BCUT2D eigenvalue weighted by atomic mass is 16.5. The van der Waals surface area contributed by atoms with Gasteiger partial charge in [0.1, 0.15) is 11.8 Å². The molecule has 2 rings (SSSR count). The van der Waals surface area contributed by atoms with Crippen molar-refractivity contribution < 1.29 is 14.3 Å². The second-order valence-corrected chi connectivity index (χ2v) is 6.84. The summed E-state index contributed by atoms with van der Waals surface area (Å²) in [5, 5.41) is 2.81. The topological polar surface area (TPSA) is 58.6 Å². The zero-order valence-electron chi connectivity index (χ0n) is 17.0. The number of likely N-dealkylation sites (N-methyl/N-ethyl adjacent to an activating group) is 1. The maximum atomic E-state index is 12.9. The lowest BCUT2D eigenvalue weighted by Gasteiger charge is -2.29. The number of carbonyl (C=O) groups excluding carboxylic acids is 2. The van der Waals surface area contributed by atoms with E-state index in [4.69, 9.17) is 4.74 Å². The van der Waals surface area contributed by atoms with Gasteiger partial charge in [0.05, 0.1) is 6.61 Å². The number of aryl methyl sites for hydroxylation is 1. The molecule has 0 aliphatic heterocycles. The summed E-state index contributed by atoms with van der Waals surface area (Å²) in [6.07, 6.45) is 0.933. The highest BCUT2D eigenvalue weighted by molar-refractivity contribution is 5.87. The molecule has 5 nitrogen and oxygen atoms in total. The molecule has 2 aromatic rings. The van der Waals surface area contributed by atoms with Crippen LogP contribution in [0.2, 0.25) is 0 Å². The first-order valence-corrected chi connectivity index (χ1v) is 9.81. The molecule has 0 aliphatic carbocycles. The first-order chi connectivity index (χ1) is 13.5. The Bertz CT molecular complexity index is 744. The highest BCUT2D eigenvalue weighted by Crippen LogP contribution is 2.14. The molecule has 0 radical (unpaired) electrons. The lowest BCUT2D eigenvalue weighted by molar-refractivity contribution is -0.140. The lowest BCUT2D eigenvalue weighted by Crippen LogP contribution is -2.47. The number of nitrogens with one attached hydrogen (secondary N) is 1. The Morgan fingerprint density at radius 1 is 1.07 bits per heavy atom. The van der Waals surface area contributed by atoms with E-state index >= 15 is 0 Å². The first kappa shape index (κ1) is 21.5. The van der Waals surface area contributed by atoms with Crippen molar-refractivity contribution in [2.45, 2.75) is 46.2 Å². The van der Waals surface area contributed by atoms with Crippen LogP contribution in [-0.2, 0) is 16.1 Å². The minimum absolute atomic E-state index is 0.0454. The smallest absolute Gasteiger partial charge is 0.242 e. The lowest BCUT2D eigenvalue weighted by atomic mass is 10.1. The molecule has 0 unspecified atom stereocenters. The molecule has 150 valence electrons. The molecular weight excluding hydrogens is 352 g/mol. The quantitative estimate of drug-likeness (QED) is 0.637. The van der Waals surface area contributed by atoms with Gasteiger partial charge in [-0.05, 0) is 44.9 Å². The van der Waals surface area contributed by atoms with E-state index in [1.54, 1.807) is 11.8 Å². The Kier molecular flexibility index (Phi) is 8.53. The normalized spacial score (nSPS) is 11.5. The van der Waals surface area contributed by atoms with E-state index in [2.05, 4.69) is 5.32 Å². The molecule has 0 spiro atoms.